The number of nitrogens with one attached hydrogen (secondary N) is 1. The number of nitrogens with zero attached hydrogens (tertiary/aromatic N) is 1. The average Bonchev–Trinajstić information content (AvgIpc) is 2.38. The molecule has 1 heterocycles. The normalized spacial score (nSPS) is 9.18. The number of benzene rings is 1. The van der Waals surface area contributed by atoms with Crippen molar-refractivity contribution < 1.29 is 4.79 Å². The highest BCUT2D eigenvalue weighted by molar-refractivity contribution is 5.94. The van der Waals surface area contributed by atoms with Crippen molar-refractivity contribution in [2.75, 3.05) is 0 Å². The minimum atomic E-state index is -0.0653. The number of rotatable bonds is 3. The van der Waals surface area contributed by atoms with Crippen molar-refractivity contribution in [2.24, 2.45) is 0 Å². The van der Waals surface area contributed by atoms with Gasteiger partial charge < -0.3 is 5.32 Å². The van der Waals surface area contributed by atoms with Gasteiger partial charge in [-0.2, -0.15) is 0 Å². The molecular weight excluding hydrogens is 236 g/mol. The Morgan fingerprint density at radius 3 is 2.53 bits per heavy atom. The van der Waals surface area contributed by atoms with Crippen molar-refractivity contribution in [3.63, 3.8) is 0 Å². The Morgan fingerprint density at radius 2 is 1.88 bits per heavy atom. The maximum Gasteiger partial charge on any atom is 0.251 e. The van der Waals surface area contributed by atoms with Crippen LogP contribution in [-0.2, 0) is 6.54 Å². The molecule has 0 spiro atoms. The van der Waals surface area contributed by atoms with Crippen LogP contribution in [0.5, 0.6) is 0 Å². The quantitative estimate of drug-likeness (QED) is 0.907. The fourth-order valence-corrected chi connectivity index (χ4v) is 1.38. The van der Waals surface area contributed by atoms with Crippen LogP contribution in [0.4, 0.5) is 0 Å². The van der Waals surface area contributed by atoms with E-state index >= 15 is 0 Å². The molecule has 1 aromatic heterocycles. The van der Waals surface area contributed by atoms with Gasteiger partial charge in [-0.15, -0.1) is 12.4 Å². The first kappa shape index (κ1) is 13.2. The lowest BCUT2D eigenvalue weighted by Crippen LogP contribution is -2.22. The summed E-state index contributed by atoms with van der Waals surface area (Å²) in [7, 11) is 0. The van der Waals surface area contributed by atoms with E-state index in [4.69, 9.17) is 0 Å². The Bertz CT molecular complexity index is 459. The zero-order chi connectivity index (χ0) is 11.2. The molecule has 0 atom stereocenters. The van der Waals surface area contributed by atoms with E-state index in [1.54, 1.807) is 24.5 Å². The third-order valence-corrected chi connectivity index (χ3v) is 2.21. The monoisotopic (exact) mass is 248 g/mol. The van der Waals surface area contributed by atoms with Crippen molar-refractivity contribution in [2.45, 2.75) is 6.54 Å². The molecule has 0 radical (unpaired) electrons. The van der Waals surface area contributed by atoms with Crippen LogP contribution in [0.15, 0.2) is 54.9 Å². The zero-order valence-electron chi connectivity index (χ0n) is 9.17. The van der Waals surface area contributed by atoms with Crippen LogP contribution in [0, 0.1) is 0 Å². The Morgan fingerprint density at radius 1 is 1.12 bits per heavy atom. The van der Waals surface area contributed by atoms with Crippen LogP contribution in [0.25, 0.3) is 0 Å². The van der Waals surface area contributed by atoms with Crippen LogP contribution in [0.3, 0.4) is 0 Å². The van der Waals surface area contributed by atoms with Gasteiger partial charge in [0.15, 0.2) is 0 Å². The van der Waals surface area contributed by atoms with Crippen LogP contribution >= 0.6 is 12.4 Å². The summed E-state index contributed by atoms with van der Waals surface area (Å²) in [6, 6.07) is 12.9. The predicted octanol–water partition coefficient (Wildman–Crippen LogP) is 2.43. The Balaban J connectivity index is 0.00000144. The molecule has 2 aromatic rings. The van der Waals surface area contributed by atoms with E-state index in [-0.39, 0.29) is 18.3 Å². The van der Waals surface area contributed by atoms with Crippen molar-refractivity contribution in [3.8, 4) is 0 Å². The van der Waals surface area contributed by atoms with Gasteiger partial charge >= 0.3 is 0 Å². The Labute approximate surface area is 106 Å². The third kappa shape index (κ3) is 3.89. The molecule has 2 rings (SSSR count). The molecule has 0 saturated carbocycles. The highest BCUT2D eigenvalue weighted by atomic mass is 35.5. The minimum Gasteiger partial charge on any atom is -0.348 e. The summed E-state index contributed by atoms with van der Waals surface area (Å²) >= 11 is 0. The summed E-state index contributed by atoms with van der Waals surface area (Å²) in [5, 5.41) is 2.84. The Hall–Kier alpha value is -1.87. The first-order valence-corrected chi connectivity index (χ1v) is 5.08. The summed E-state index contributed by atoms with van der Waals surface area (Å²) in [6.07, 6.45) is 3.45. The van der Waals surface area contributed by atoms with Gasteiger partial charge in [0.1, 0.15) is 0 Å². The molecule has 1 amide bonds. The summed E-state index contributed by atoms with van der Waals surface area (Å²) in [6.45, 7) is 0.502. The first-order chi connectivity index (χ1) is 7.86. The van der Waals surface area contributed by atoms with Crippen molar-refractivity contribution in [1.29, 1.82) is 0 Å². The van der Waals surface area contributed by atoms with E-state index < -0.39 is 0 Å². The highest BCUT2D eigenvalue weighted by Crippen LogP contribution is 1.99. The van der Waals surface area contributed by atoms with Crippen molar-refractivity contribution in [3.05, 3.63) is 66.0 Å². The standard InChI is InChI=1S/C13H12N2O.ClH/c16-13(12-6-2-1-3-7-12)15-10-11-5-4-8-14-9-11;/h1-9H,10H2,(H,15,16);1H. The van der Waals surface area contributed by atoms with Gasteiger partial charge in [0.25, 0.3) is 5.91 Å². The number of amides is 1. The molecule has 17 heavy (non-hydrogen) atoms. The molecule has 0 fully saturated rings. The number of halogens is 1. The first-order valence-electron chi connectivity index (χ1n) is 5.08. The number of carbonyl (C=O) groups is 1. The maximum atomic E-state index is 11.7. The van der Waals surface area contributed by atoms with Gasteiger partial charge in [-0.05, 0) is 23.8 Å². The molecule has 0 aliphatic rings. The molecular formula is C13H13ClN2O. The minimum absolute atomic E-state index is 0. The van der Waals surface area contributed by atoms with E-state index in [1.165, 1.54) is 0 Å². The summed E-state index contributed by atoms with van der Waals surface area (Å²) < 4.78 is 0. The van der Waals surface area contributed by atoms with Crippen LogP contribution in [0.2, 0.25) is 0 Å². The van der Waals surface area contributed by atoms with Crippen LogP contribution in [-0.4, -0.2) is 10.9 Å². The van der Waals surface area contributed by atoms with Crippen molar-refractivity contribution in [1.82, 2.24) is 10.3 Å². The maximum absolute atomic E-state index is 11.7. The summed E-state index contributed by atoms with van der Waals surface area (Å²) in [5.41, 5.74) is 1.66. The largest absolute Gasteiger partial charge is 0.348 e. The second-order valence-electron chi connectivity index (χ2n) is 3.41. The highest BCUT2D eigenvalue weighted by Gasteiger charge is 2.03. The van der Waals surface area contributed by atoms with E-state index in [0.29, 0.717) is 12.1 Å². The van der Waals surface area contributed by atoms with Gasteiger partial charge in [0.2, 0.25) is 0 Å². The van der Waals surface area contributed by atoms with Gasteiger partial charge in [0.05, 0.1) is 0 Å². The molecule has 3 nitrogen and oxygen atoms in total. The fourth-order valence-electron chi connectivity index (χ4n) is 1.38. The van der Waals surface area contributed by atoms with Gasteiger partial charge in [-0.1, -0.05) is 24.3 Å². The zero-order valence-corrected chi connectivity index (χ0v) is 9.98. The molecule has 0 aliphatic heterocycles. The van der Waals surface area contributed by atoms with Gasteiger partial charge in [-0.3, -0.25) is 9.78 Å². The lowest BCUT2D eigenvalue weighted by molar-refractivity contribution is 0.0951. The van der Waals surface area contributed by atoms with Crippen LogP contribution in [0.1, 0.15) is 15.9 Å². The molecule has 0 aliphatic carbocycles. The number of aromatic nitrogens is 1. The number of hydrogen-bond acceptors (Lipinski definition) is 2. The van der Waals surface area contributed by atoms with Crippen molar-refractivity contribution >= 4 is 18.3 Å². The number of hydrogen-bond donors (Lipinski definition) is 1. The smallest absolute Gasteiger partial charge is 0.251 e. The molecule has 0 unspecified atom stereocenters. The van der Waals surface area contributed by atoms with Gasteiger partial charge in [-0.25, -0.2) is 0 Å². The molecule has 0 bridgehead atoms. The third-order valence-electron chi connectivity index (χ3n) is 2.21. The Kier molecular flexibility index (Phi) is 5.17. The second-order valence-corrected chi connectivity index (χ2v) is 3.41. The lowest BCUT2D eigenvalue weighted by atomic mass is 10.2. The molecule has 1 N–H and O–H groups in total. The van der Waals surface area contributed by atoms with E-state index in [9.17, 15) is 4.79 Å². The lowest BCUT2D eigenvalue weighted by Gasteiger charge is -2.04. The summed E-state index contributed by atoms with van der Waals surface area (Å²) in [4.78, 5) is 15.7. The molecule has 4 heteroatoms. The van der Waals surface area contributed by atoms with Crippen LogP contribution < -0.4 is 5.32 Å². The van der Waals surface area contributed by atoms with E-state index in [0.717, 1.165) is 5.56 Å². The number of carbonyl (C=O) groups excluding carboxylic acids is 1. The van der Waals surface area contributed by atoms with Gasteiger partial charge in [0, 0.05) is 24.5 Å². The summed E-state index contributed by atoms with van der Waals surface area (Å²) in [5.74, 6) is -0.0653. The predicted molar refractivity (Wildman–Crippen MR) is 69.1 cm³/mol. The molecule has 88 valence electrons. The molecule has 0 saturated heterocycles. The average molecular weight is 249 g/mol. The number of pyridine rings is 1. The second kappa shape index (κ2) is 6.66. The molecule has 1 aromatic carbocycles. The topological polar surface area (TPSA) is 42.0 Å². The SMILES string of the molecule is Cl.O=C(NCc1cccnc1)c1ccccc1. The van der Waals surface area contributed by atoms with E-state index in [1.807, 2.05) is 30.3 Å². The van der Waals surface area contributed by atoms with E-state index in [2.05, 4.69) is 10.3 Å². The fraction of sp³-hybridized carbons (Fsp3) is 0.0769.